The molecule has 17 heavy (non-hydrogen) atoms. The van der Waals surface area contributed by atoms with Gasteiger partial charge in [-0.15, -0.1) is 0 Å². The van der Waals surface area contributed by atoms with Crippen molar-refractivity contribution in [2.75, 3.05) is 0 Å². The molecular formula is C14H14N2O. The standard InChI is InChI=1S/C14H14N2O/c1-14(2,3)9-4-5-10-11-7-15-8-16-13(11)17-12(10)6-9/h4-8H,1-3H3. The van der Waals surface area contributed by atoms with Gasteiger partial charge < -0.3 is 4.42 Å². The molecule has 2 heterocycles. The molecule has 0 aliphatic heterocycles. The Morgan fingerprint density at radius 1 is 1.12 bits per heavy atom. The Balaban J connectivity index is 2.34. The lowest BCUT2D eigenvalue weighted by Gasteiger charge is -2.18. The number of hydrogen-bond acceptors (Lipinski definition) is 3. The van der Waals surface area contributed by atoms with Crippen molar-refractivity contribution in [2.45, 2.75) is 26.2 Å². The topological polar surface area (TPSA) is 38.9 Å². The van der Waals surface area contributed by atoms with Gasteiger partial charge in [-0.1, -0.05) is 32.9 Å². The van der Waals surface area contributed by atoms with Gasteiger partial charge in [0.05, 0.1) is 5.39 Å². The van der Waals surface area contributed by atoms with Crippen molar-refractivity contribution >= 4 is 22.1 Å². The zero-order chi connectivity index (χ0) is 12.0. The zero-order valence-corrected chi connectivity index (χ0v) is 10.2. The van der Waals surface area contributed by atoms with Crippen LogP contribution in [0.1, 0.15) is 26.3 Å². The lowest BCUT2D eigenvalue weighted by molar-refractivity contribution is 0.587. The van der Waals surface area contributed by atoms with Crippen LogP contribution in [0.3, 0.4) is 0 Å². The van der Waals surface area contributed by atoms with Gasteiger partial charge in [-0.05, 0) is 17.0 Å². The molecule has 0 fully saturated rings. The minimum absolute atomic E-state index is 0.124. The summed E-state index contributed by atoms with van der Waals surface area (Å²) < 4.78 is 5.74. The average Bonchev–Trinajstić information content (AvgIpc) is 2.65. The Morgan fingerprint density at radius 3 is 2.71 bits per heavy atom. The van der Waals surface area contributed by atoms with Gasteiger partial charge in [-0.2, -0.15) is 0 Å². The van der Waals surface area contributed by atoms with E-state index in [4.69, 9.17) is 4.42 Å². The Kier molecular flexibility index (Phi) is 1.99. The van der Waals surface area contributed by atoms with Crippen molar-refractivity contribution in [3.8, 4) is 0 Å². The first-order valence-electron chi connectivity index (χ1n) is 5.68. The Morgan fingerprint density at radius 2 is 1.94 bits per heavy atom. The summed E-state index contributed by atoms with van der Waals surface area (Å²) in [6.07, 6.45) is 3.31. The molecule has 2 aromatic heterocycles. The summed E-state index contributed by atoms with van der Waals surface area (Å²) in [7, 11) is 0. The molecule has 86 valence electrons. The van der Waals surface area contributed by atoms with E-state index in [1.165, 1.54) is 11.9 Å². The van der Waals surface area contributed by atoms with E-state index in [9.17, 15) is 0 Å². The number of benzene rings is 1. The van der Waals surface area contributed by atoms with E-state index in [0.717, 1.165) is 16.4 Å². The van der Waals surface area contributed by atoms with Gasteiger partial charge in [0.1, 0.15) is 11.9 Å². The normalized spacial score (nSPS) is 12.4. The monoisotopic (exact) mass is 226 g/mol. The fourth-order valence-corrected chi connectivity index (χ4v) is 1.98. The molecule has 0 spiro atoms. The molecule has 0 saturated carbocycles. The highest BCUT2D eigenvalue weighted by atomic mass is 16.3. The van der Waals surface area contributed by atoms with Gasteiger partial charge in [0.25, 0.3) is 0 Å². The summed E-state index contributed by atoms with van der Waals surface area (Å²) in [4.78, 5) is 8.17. The predicted molar refractivity (Wildman–Crippen MR) is 68.0 cm³/mol. The maximum atomic E-state index is 5.74. The molecule has 3 nitrogen and oxygen atoms in total. The third-order valence-electron chi connectivity index (χ3n) is 3.02. The van der Waals surface area contributed by atoms with E-state index in [1.807, 2.05) is 0 Å². The largest absolute Gasteiger partial charge is 0.438 e. The second-order valence-corrected chi connectivity index (χ2v) is 5.30. The Hall–Kier alpha value is -1.90. The third kappa shape index (κ3) is 1.58. The van der Waals surface area contributed by atoms with Gasteiger partial charge in [0, 0.05) is 11.6 Å². The van der Waals surface area contributed by atoms with Crippen LogP contribution in [0.5, 0.6) is 0 Å². The number of furan rings is 1. The minimum Gasteiger partial charge on any atom is -0.438 e. The van der Waals surface area contributed by atoms with Gasteiger partial charge in [-0.25, -0.2) is 9.97 Å². The maximum Gasteiger partial charge on any atom is 0.230 e. The van der Waals surface area contributed by atoms with Gasteiger partial charge >= 0.3 is 0 Å². The molecule has 3 heteroatoms. The number of rotatable bonds is 0. The van der Waals surface area contributed by atoms with Crippen LogP contribution in [0.4, 0.5) is 0 Å². The van der Waals surface area contributed by atoms with Gasteiger partial charge in [0.15, 0.2) is 0 Å². The lowest BCUT2D eigenvalue weighted by Crippen LogP contribution is -2.10. The van der Waals surface area contributed by atoms with Crippen LogP contribution >= 0.6 is 0 Å². The maximum absolute atomic E-state index is 5.74. The number of fused-ring (bicyclic) bond motifs is 3. The zero-order valence-electron chi connectivity index (χ0n) is 10.2. The van der Waals surface area contributed by atoms with Crippen LogP contribution in [-0.2, 0) is 5.41 Å². The third-order valence-corrected chi connectivity index (χ3v) is 3.02. The molecule has 0 radical (unpaired) electrons. The highest BCUT2D eigenvalue weighted by Gasteiger charge is 2.16. The molecule has 1 aromatic carbocycles. The Bertz CT molecular complexity index is 692. The summed E-state index contributed by atoms with van der Waals surface area (Å²) in [5.41, 5.74) is 2.92. The van der Waals surface area contributed by atoms with Crippen LogP contribution < -0.4 is 0 Å². The summed E-state index contributed by atoms with van der Waals surface area (Å²) in [6.45, 7) is 6.57. The van der Waals surface area contributed by atoms with Crippen LogP contribution in [0.15, 0.2) is 35.1 Å². The summed E-state index contributed by atoms with van der Waals surface area (Å²) >= 11 is 0. The fraction of sp³-hybridized carbons (Fsp3) is 0.286. The van der Waals surface area contributed by atoms with E-state index < -0.39 is 0 Å². The van der Waals surface area contributed by atoms with Gasteiger partial charge in [0.2, 0.25) is 5.71 Å². The summed E-state index contributed by atoms with van der Waals surface area (Å²) in [6, 6.07) is 6.33. The summed E-state index contributed by atoms with van der Waals surface area (Å²) in [5, 5.41) is 2.05. The van der Waals surface area contributed by atoms with Crippen molar-refractivity contribution in [1.29, 1.82) is 0 Å². The smallest absolute Gasteiger partial charge is 0.230 e. The SMILES string of the molecule is CC(C)(C)c1ccc2c(c1)oc1ncncc12. The molecule has 0 aliphatic carbocycles. The fourth-order valence-electron chi connectivity index (χ4n) is 1.98. The number of nitrogens with zero attached hydrogens (tertiary/aromatic N) is 2. The molecule has 0 saturated heterocycles. The molecule has 3 rings (SSSR count). The molecule has 0 amide bonds. The van der Waals surface area contributed by atoms with Crippen LogP contribution in [0, 0.1) is 0 Å². The molecule has 0 aliphatic rings. The second-order valence-electron chi connectivity index (χ2n) is 5.30. The van der Waals surface area contributed by atoms with Gasteiger partial charge in [-0.3, -0.25) is 0 Å². The molecule has 0 N–H and O–H groups in total. The molecular weight excluding hydrogens is 212 g/mol. The lowest BCUT2D eigenvalue weighted by atomic mass is 9.87. The quantitative estimate of drug-likeness (QED) is 0.587. The highest BCUT2D eigenvalue weighted by Crippen LogP contribution is 2.31. The molecule has 3 aromatic rings. The summed E-state index contributed by atoms with van der Waals surface area (Å²) in [5.74, 6) is 0. The highest BCUT2D eigenvalue weighted by molar-refractivity contribution is 6.03. The van der Waals surface area contributed by atoms with E-state index in [0.29, 0.717) is 5.71 Å². The molecule has 0 unspecified atom stereocenters. The van der Waals surface area contributed by atoms with Crippen LogP contribution in [-0.4, -0.2) is 9.97 Å². The first kappa shape index (κ1) is 10.3. The average molecular weight is 226 g/mol. The Labute approximate surface area is 99.5 Å². The second kappa shape index (κ2) is 3.29. The van der Waals surface area contributed by atoms with Crippen molar-refractivity contribution in [3.63, 3.8) is 0 Å². The number of aromatic nitrogens is 2. The van der Waals surface area contributed by atoms with Crippen LogP contribution in [0.25, 0.3) is 22.1 Å². The van der Waals surface area contributed by atoms with E-state index in [1.54, 1.807) is 6.20 Å². The molecule has 0 atom stereocenters. The first-order valence-corrected chi connectivity index (χ1v) is 5.68. The van der Waals surface area contributed by atoms with Crippen LogP contribution in [0.2, 0.25) is 0 Å². The predicted octanol–water partition coefficient (Wildman–Crippen LogP) is 3.67. The first-order chi connectivity index (χ1) is 8.05. The van der Waals surface area contributed by atoms with E-state index in [-0.39, 0.29) is 5.41 Å². The van der Waals surface area contributed by atoms with E-state index in [2.05, 4.69) is 48.9 Å². The van der Waals surface area contributed by atoms with E-state index >= 15 is 0 Å². The minimum atomic E-state index is 0.124. The molecule has 0 bridgehead atoms. The van der Waals surface area contributed by atoms with Crippen molar-refractivity contribution in [2.24, 2.45) is 0 Å². The van der Waals surface area contributed by atoms with Crippen molar-refractivity contribution in [3.05, 3.63) is 36.3 Å². The van der Waals surface area contributed by atoms with Crippen molar-refractivity contribution < 1.29 is 4.42 Å². The number of hydrogen-bond donors (Lipinski definition) is 0. The van der Waals surface area contributed by atoms with Crippen molar-refractivity contribution in [1.82, 2.24) is 9.97 Å².